The number of allylic oxidation sites excluding steroid dienone is 1. The lowest BCUT2D eigenvalue weighted by atomic mass is 10.8. The topological polar surface area (TPSA) is 49.8 Å². The molecule has 0 aromatic heterocycles. The predicted molar refractivity (Wildman–Crippen MR) is 39.7 cm³/mol. The van der Waals surface area contributed by atoms with Crippen LogP contribution >= 0.6 is 7.60 Å². The van der Waals surface area contributed by atoms with Crippen molar-refractivity contribution in [1.82, 2.24) is 5.06 Å². The molecule has 0 fully saturated rings. The van der Waals surface area contributed by atoms with Gasteiger partial charge >= 0.3 is 7.60 Å². The van der Waals surface area contributed by atoms with Crippen molar-refractivity contribution < 1.29 is 14.1 Å². The van der Waals surface area contributed by atoms with E-state index in [1.54, 1.807) is 14.1 Å². The van der Waals surface area contributed by atoms with Crippen LogP contribution in [0.5, 0.6) is 0 Å². The molecule has 0 aromatic rings. The number of hydrogen-bond acceptors (Lipinski definition) is 3. The van der Waals surface area contributed by atoms with Crippen molar-refractivity contribution in [2.75, 3.05) is 20.3 Å². The lowest BCUT2D eigenvalue weighted by molar-refractivity contribution is -0.0138. The van der Waals surface area contributed by atoms with E-state index in [0.29, 0.717) is 0 Å². The molecule has 1 N–H and O–H groups in total. The van der Waals surface area contributed by atoms with Crippen LogP contribution in [0.1, 0.15) is 0 Å². The number of nitrogens with zero attached hydrogens (tertiary/aromatic N) is 1. The van der Waals surface area contributed by atoms with E-state index in [4.69, 9.17) is 4.89 Å². The molecule has 0 saturated heterocycles. The third-order valence-electron chi connectivity index (χ3n) is 0.651. The largest absolute Gasteiger partial charge is 0.348 e. The molecule has 0 rings (SSSR count). The Hall–Kier alpha value is -0.150. The third kappa shape index (κ3) is 4.70. The van der Waals surface area contributed by atoms with Crippen molar-refractivity contribution >= 4 is 7.60 Å². The zero-order valence-corrected chi connectivity index (χ0v) is 7.04. The second-order valence-electron chi connectivity index (χ2n) is 2.00. The number of hydrogen-bond donors (Lipinski definition) is 1. The molecule has 0 heterocycles. The van der Waals surface area contributed by atoms with Crippen LogP contribution in [0.25, 0.3) is 0 Å². The van der Waals surface area contributed by atoms with E-state index in [2.05, 4.69) is 11.2 Å². The smallest absolute Gasteiger partial charge is 0.323 e. The Kier molecular flexibility index (Phi) is 3.83. The average molecular weight is 165 g/mol. The first-order valence-electron chi connectivity index (χ1n) is 2.77. The Balaban J connectivity index is 3.87. The first-order chi connectivity index (χ1) is 4.48. The molecule has 0 saturated carbocycles. The van der Waals surface area contributed by atoms with E-state index < -0.39 is 7.60 Å². The van der Waals surface area contributed by atoms with Crippen molar-refractivity contribution in [2.24, 2.45) is 0 Å². The molecule has 0 radical (unpaired) electrons. The predicted octanol–water partition coefficient (Wildman–Crippen LogP) is 0.851. The fourth-order valence-electron chi connectivity index (χ4n) is 0.452. The van der Waals surface area contributed by atoms with Crippen LogP contribution in [-0.2, 0) is 9.19 Å². The molecule has 1 unspecified atom stereocenters. The summed E-state index contributed by atoms with van der Waals surface area (Å²) in [4.78, 5) is 8.91. The summed E-state index contributed by atoms with van der Waals surface area (Å²) in [7, 11) is -0.346. The Morgan fingerprint density at radius 2 is 2.30 bits per heavy atom. The van der Waals surface area contributed by atoms with E-state index in [1.807, 2.05) is 0 Å². The Bertz CT molecular complexity index is 157. The highest BCUT2D eigenvalue weighted by atomic mass is 31.2. The average Bonchev–Trinajstić information content (AvgIpc) is 1.59. The van der Waals surface area contributed by atoms with Gasteiger partial charge in [-0.15, -0.1) is 6.58 Å². The molecular weight excluding hydrogens is 153 g/mol. The first kappa shape index (κ1) is 9.85. The van der Waals surface area contributed by atoms with Gasteiger partial charge in [0.25, 0.3) is 0 Å². The molecule has 0 aromatic carbocycles. The quantitative estimate of drug-likeness (QED) is 0.381. The van der Waals surface area contributed by atoms with Gasteiger partial charge < -0.3 is 4.89 Å². The maximum absolute atomic E-state index is 10.8. The van der Waals surface area contributed by atoms with Gasteiger partial charge in [-0.25, -0.2) is 4.62 Å². The van der Waals surface area contributed by atoms with Crippen molar-refractivity contribution in [3.63, 3.8) is 0 Å². The van der Waals surface area contributed by atoms with Crippen LogP contribution in [0.3, 0.4) is 0 Å². The zero-order valence-electron chi connectivity index (χ0n) is 6.15. The monoisotopic (exact) mass is 165 g/mol. The summed E-state index contributed by atoms with van der Waals surface area (Å²) in [6.45, 7) is 3.32. The fraction of sp³-hybridized carbons (Fsp3) is 0.600. The second kappa shape index (κ2) is 3.88. The summed E-state index contributed by atoms with van der Waals surface area (Å²) >= 11 is 0. The summed E-state index contributed by atoms with van der Waals surface area (Å²) < 4.78 is 15.4. The molecule has 0 bridgehead atoms. The third-order valence-corrected chi connectivity index (χ3v) is 1.95. The summed E-state index contributed by atoms with van der Waals surface area (Å²) in [5.41, 5.74) is 0. The Labute approximate surface area is 60.6 Å². The minimum absolute atomic E-state index is 0.0226. The highest BCUT2D eigenvalue weighted by Gasteiger charge is 2.17. The summed E-state index contributed by atoms with van der Waals surface area (Å²) in [6.07, 6.45) is 1.33. The van der Waals surface area contributed by atoms with Gasteiger partial charge in [-0.3, -0.25) is 4.57 Å². The summed E-state index contributed by atoms with van der Waals surface area (Å²) in [5, 5.41) is 1.20. The normalized spacial score (nSPS) is 16.8. The molecule has 0 spiro atoms. The van der Waals surface area contributed by atoms with Gasteiger partial charge in [0, 0.05) is 14.1 Å². The van der Waals surface area contributed by atoms with E-state index in [9.17, 15) is 4.57 Å². The molecule has 5 heteroatoms. The molecule has 10 heavy (non-hydrogen) atoms. The van der Waals surface area contributed by atoms with Gasteiger partial charge in [0.15, 0.2) is 0 Å². The van der Waals surface area contributed by atoms with Crippen molar-refractivity contribution in [2.45, 2.75) is 0 Å². The van der Waals surface area contributed by atoms with Crippen molar-refractivity contribution in [1.29, 1.82) is 0 Å². The minimum Gasteiger partial charge on any atom is -0.323 e. The molecular formula is C5H12NO3P. The van der Waals surface area contributed by atoms with Gasteiger partial charge in [-0.2, -0.15) is 5.06 Å². The molecule has 0 amide bonds. The fourth-order valence-corrected chi connectivity index (χ4v) is 1.35. The second-order valence-corrected chi connectivity index (χ2v) is 3.81. The van der Waals surface area contributed by atoms with Gasteiger partial charge in [0.05, 0.1) is 6.16 Å². The highest BCUT2D eigenvalue weighted by Crippen LogP contribution is 2.41. The zero-order chi connectivity index (χ0) is 8.20. The Morgan fingerprint density at radius 3 is 2.60 bits per heavy atom. The van der Waals surface area contributed by atoms with Gasteiger partial charge in [-0.05, 0) is 0 Å². The maximum Gasteiger partial charge on any atom is 0.348 e. The summed E-state index contributed by atoms with van der Waals surface area (Å²) in [5.74, 6) is 0. The van der Waals surface area contributed by atoms with Crippen LogP contribution in [0, 0.1) is 0 Å². The summed E-state index contributed by atoms with van der Waals surface area (Å²) in [6, 6.07) is 0. The minimum atomic E-state index is -3.44. The molecule has 60 valence electrons. The standard InChI is InChI=1S/C5H12NO3P/c1-4-5-10(7,8)9-6(2)3/h4H,1,5H2,2-3H3,(H,7,8). The van der Waals surface area contributed by atoms with E-state index in [1.165, 1.54) is 11.1 Å². The molecule has 0 aliphatic heterocycles. The van der Waals surface area contributed by atoms with Gasteiger partial charge in [0.1, 0.15) is 0 Å². The highest BCUT2D eigenvalue weighted by molar-refractivity contribution is 7.52. The van der Waals surface area contributed by atoms with E-state index in [0.717, 1.165) is 0 Å². The lowest BCUT2D eigenvalue weighted by Gasteiger charge is -2.14. The molecule has 0 aliphatic carbocycles. The van der Waals surface area contributed by atoms with Crippen LogP contribution < -0.4 is 0 Å². The van der Waals surface area contributed by atoms with Crippen LogP contribution in [-0.4, -0.2) is 30.2 Å². The van der Waals surface area contributed by atoms with Gasteiger partial charge in [-0.1, -0.05) is 6.08 Å². The maximum atomic E-state index is 10.8. The lowest BCUT2D eigenvalue weighted by Crippen LogP contribution is -2.11. The molecule has 0 aliphatic rings. The van der Waals surface area contributed by atoms with Crippen LogP contribution in [0.15, 0.2) is 12.7 Å². The molecule has 1 atom stereocenters. The number of rotatable bonds is 4. The number of hydroxylamine groups is 2. The van der Waals surface area contributed by atoms with E-state index in [-0.39, 0.29) is 6.16 Å². The van der Waals surface area contributed by atoms with E-state index >= 15 is 0 Å². The molecule has 4 nitrogen and oxygen atoms in total. The SMILES string of the molecule is C=CCP(=O)(O)ON(C)C. The van der Waals surface area contributed by atoms with Crippen molar-refractivity contribution in [3.8, 4) is 0 Å². The van der Waals surface area contributed by atoms with Gasteiger partial charge in [0.2, 0.25) is 0 Å². The van der Waals surface area contributed by atoms with Crippen LogP contribution in [0.4, 0.5) is 0 Å². The van der Waals surface area contributed by atoms with Crippen LogP contribution in [0.2, 0.25) is 0 Å². The Morgan fingerprint density at radius 1 is 1.80 bits per heavy atom. The first-order valence-corrected chi connectivity index (χ1v) is 4.54. The van der Waals surface area contributed by atoms with Crippen molar-refractivity contribution in [3.05, 3.63) is 12.7 Å².